The molecule has 1 amide bonds. The third-order valence-corrected chi connectivity index (χ3v) is 5.02. The summed E-state index contributed by atoms with van der Waals surface area (Å²) in [6, 6.07) is 8.21. The molecule has 0 bridgehead atoms. The summed E-state index contributed by atoms with van der Waals surface area (Å²) >= 11 is 12.0. The fraction of sp³-hybridized carbons (Fsp3) is 0.467. The van der Waals surface area contributed by atoms with Gasteiger partial charge in [-0.15, -0.1) is 23.2 Å². The molecule has 6 heteroatoms. The predicted octanol–water partition coefficient (Wildman–Crippen LogP) is 2.77. The summed E-state index contributed by atoms with van der Waals surface area (Å²) in [5, 5.41) is 11.8. The summed E-state index contributed by atoms with van der Waals surface area (Å²) in [6.07, 6.45) is 0.900. The highest BCUT2D eigenvalue weighted by Crippen LogP contribution is 2.65. The molecular weight excluding hydrogens is 313 g/mol. The van der Waals surface area contributed by atoms with Crippen LogP contribution in [0, 0.1) is 5.41 Å². The van der Waals surface area contributed by atoms with E-state index in [0.29, 0.717) is 6.42 Å². The predicted molar refractivity (Wildman–Crippen MR) is 81.5 cm³/mol. The average molecular weight is 330 g/mol. The topological polar surface area (TPSA) is 66.4 Å². The molecule has 1 fully saturated rings. The number of amides is 1. The van der Waals surface area contributed by atoms with Crippen molar-refractivity contribution in [3.63, 3.8) is 0 Å². The molecule has 2 N–H and O–H groups in total. The zero-order valence-corrected chi connectivity index (χ0v) is 13.1. The lowest BCUT2D eigenvalue weighted by molar-refractivity contribution is -0.142. The third-order valence-electron chi connectivity index (χ3n) is 3.84. The van der Waals surface area contributed by atoms with Crippen LogP contribution in [0.15, 0.2) is 30.3 Å². The van der Waals surface area contributed by atoms with Crippen LogP contribution >= 0.6 is 23.2 Å². The van der Waals surface area contributed by atoms with Crippen LogP contribution in [0.5, 0.6) is 0 Å². The first kappa shape index (κ1) is 16.1. The van der Waals surface area contributed by atoms with Gasteiger partial charge in [-0.1, -0.05) is 37.3 Å². The number of rotatable bonds is 6. The Labute approximate surface area is 133 Å². The molecule has 0 aliphatic heterocycles. The van der Waals surface area contributed by atoms with Crippen molar-refractivity contribution in [1.82, 2.24) is 5.32 Å². The van der Waals surface area contributed by atoms with Crippen molar-refractivity contribution in [2.24, 2.45) is 5.41 Å². The van der Waals surface area contributed by atoms with Gasteiger partial charge in [0.25, 0.3) is 0 Å². The molecule has 2 unspecified atom stereocenters. The van der Waals surface area contributed by atoms with Gasteiger partial charge in [-0.05, 0) is 12.0 Å². The van der Waals surface area contributed by atoms with Gasteiger partial charge in [-0.3, -0.25) is 4.79 Å². The van der Waals surface area contributed by atoms with E-state index in [4.69, 9.17) is 23.2 Å². The number of carbonyl (C=O) groups is 2. The van der Waals surface area contributed by atoms with E-state index in [1.807, 2.05) is 37.3 Å². The van der Waals surface area contributed by atoms with Gasteiger partial charge < -0.3 is 10.4 Å². The fourth-order valence-electron chi connectivity index (χ4n) is 2.29. The van der Waals surface area contributed by atoms with Crippen molar-refractivity contribution >= 4 is 35.1 Å². The molecule has 21 heavy (non-hydrogen) atoms. The number of hydrogen-bond donors (Lipinski definition) is 2. The van der Waals surface area contributed by atoms with E-state index < -0.39 is 21.8 Å². The monoisotopic (exact) mass is 329 g/mol. The lowest BCUT2D eigenvalue weighted by atomic mass is 10.0. The second kappa shape index (κ2) is 5.85. The first-order valence-electron chi connectivity index (χ1n) is 6.67. The van der Waals surface area contributed by atoms with Crippen molar-refractivity contribution < 1.29 is 14.7 Å². The van der Waals surface area contributed by atoms with Gasteiger partial charge >= 0.3 is 5.97 Å². The molecule has 0 heterocycles. The molecule has 1 aromatic carbocycles. The van der Waals surface area contributed by atoms with Crippen molar-refractivity contribution in [1.29, 1.82) is 0 Å². The normalized spacial score (nSPS) is 24.1. The van der Waals surface area contributed by atoms with Gasteiger partial charge in [-0.25, -0.2) is 4.79 Å². The van der Waals surface area contributed by atoms with E-state index in [0.717, 1.165) is 5.56 Å². The second-order valence-electron chi connectivity index (χ2n) is 5.77. The lowest BCUT2D eigenvalue weighted by Gasteiger charge is -2.17. The number of nitrogens with one attached hydrogen (secondary N) is 1. The largest absolute Gasteiger partial charge is 0.480 e. The summed E-state index contributed by atoms with van der Waals surface area (Å²) in [5.41, 5.74) is 0.377. The first-order valence-corrected chi connectivity index (χ1v) is 7.43. The lowest BCUT2D eigenvalue weighted by Crippen LogP contribution is -2.43. The van der Waals surface area contributed by atoms with E-state index in [1.165, 1.54) is 0 Å². The van der Waals surface area contributed by atoms with Crippen LogP contribution in [0.1, 0.15) is 25.3 Å². The van der Waals surface area contributed by atoms with Crippen molar-refractivity contribution in [2.75, 3.05) is 0 Å². The SMILES string of the molecule is CC1(CC(=O)NC(Cc2ccccc2)C(=O)O)CC1(Cl)Cl. The van der Waals surface area contributed by atoms with Crippen LogP contribution in [0.3, 0.4) is 0 Å². The maximum Gasteiger partial charge on any atom is 0.326 e. The quantitative estimate of drug-likeness (QED) is 0.788. The highest BCUT2D eigenvalue weighted by Gasteiger charge is 2.63. The number of halogens is 2. The van der Waals surface area contributed by atoms with Gasteiger partial charge in [-0.2, -0.15) is 0 Å². The van der Waals surface area contributed by atoms with Crippen molar-refractivity contribution in [3.05, 3.63) is 35.9 Å². The van der Waals surface area contributed by atoms with Gasteiger partial charge in [0.05, 0.1) is 0 Å². The highest BCUT2D eigenvalue weighted by molar-refractivity contribution is 6.51. The number of benzene rings is 1. The van der Waals surface area contributed by atoms with Crippen molar-refractivity contribution in [2.45, 2.75) is 36.6 Å². The fourth-order valence-corrected chi connectivity index (χ4v) is 3.01. The zero-order chi connectivity index (χ0) is 15.7. The van der Waals surface area contributed by atoms with E-state index in [2.05, 4.69) is 5.32 Å². The van der Waals surface area contributed by atoms with Gasteiger partial charge in [0.1, 0.15) is 10.4 Å². The number of aliphatic carboxylic acids is 1. The summed E-state index contributed by atoms with van der Waals surface area (Å²) < 4.78 is -0.886. The van der Waals surface area contributed by atoms with Gasteiger partial charge in [0, 0.05) is 18.3 Å². The summed E-state index contributed by atoms with van der Waals surface area (Å²) in [7, 11) is 0. The molecular formula is C15H17Cl2NO3. The molecule has 1 aromatic rings. The molecule has 1 aliphatic carbocycles. The number of carbonyl (C=O) groups excluding carboxylic acids is 1. The average Bonchev–Trinajstić information content (AvgIpc) is 2.87. The Bertz CT molecular complexity index is 547. The minimum Gasteiger partial charge on any atom is -0.480 e. The van der Waals surface area contributed by atoms with E-state index in [1.54, 1.807) is 0 Å². The summed E-state index contributed by atoms with van der Waals surface area (Å²) in [6.45, 7) is 1.82. The number of alkyl halides is 2. The minimum absolute atomic E-state index is 0.124. The molecule has 2 rings (SSSR count). The molecule has 0 aromatic heterocycles. The standard InChI is InChI=1S/C15H17Cl2NO3/c1-14(9-15(14,16)17)8-12(19)18-11(13(20)21)7-10-5-3-2-4-6-10/h2-6,11H,7-9H2,1H3,(H,18,19)(H,20,21). The van der Waals surface area contributed by atoms with Crippen molar-refractivity contribution in [3.8, 4) is 0 Å². The van der Waals surface area contributed by atoms with Crippen LogP contribution in [0.4, 0.5) is 0 Å². The molecule has 114 valence electrons. The van der Waals surface area contributed by atoms with E-state index in [-0.39, 0.29) is 18.7 Å². The maximum atomic E-state index is 12.0. The van der Waals surface area contributed by atoms with Crippen LogP contribution in [0.25, 0.3) is 0 Å². The number of carboxylic acid groups (broad SMARTS) is 1. The number of hydrogen-bond acceptors (Lipinski definition) is 2. The Morgan fingerprint density at radius 1 is 1.33 bits per heavy atom. The molecule has 0 radical (unpaired) electrons. The van der Waals surface area contributed by atoms with Crippen LogP contribution in [0.2, 0.25) is 0 Å². The van der Waals surface area contributed by atoms with Crippen LogP contribution in [-0.4, -0.2) is 27.4 Å². The van der Waals surface area contributed by atoms with Gasteiger partial charge in [0.15, 0.2) is 0 Å². The number of carboxylic acids is 1. The smallest absolute Gasteiger partial charge is 0.326 e. The summed E-state index contributed by atoms with van der Waals surface area (Å²) in [5.74, 6) is -1.40. The minimum atomic E-state index is -1.06. The van der Waals surface area contributed by atoms with Crippen LogP contribution < -0.4 is 5.32 Å². The highest BCUT2D eigenvalue weighted by atomic mass is 35.5. The Hall–Kier alpha value is -1.26. The van der Waals surface area contributed by atoms with Gasteiger partial charge in [0.2, 0.25) is 5.91 Å². The Balaban J connectivity index is 1.94. The molecule has 4 nitrogen and oxygen atoms in total. The third kappa shape index (κ3) is 3.89. The molecule has 2 atom stereocenters. The Morgan fingerprint density at radius 3 is 2.38 bits per heavy atom. The molecule has 1 aliphatic rings. The molecule has 0 spiro atoms. The van der Waals surface area contributed by atoms with Crippen LogP contribution in [-0.2, 0) is 16.0 Å². The van der Waals surface area contributed by atoms with E-state index >= 15 is 0 Å². The maximum absolute atomic E-state index is 12.0. The Kier molecular flexibility index (Phi) is 4.49. The Morgan fingerprint density at radius 2 is 1.90 bits per heavy atom. The first-order chi connectivity index (χ1) is 9.73. The zero-order valence-electron chi connectivity index (χ0n) is 11.6. The summed E-state index contributed by atoms with van der Waals surface area (Å²) in [4.78, 5) is 23.3. The molecule has 0 saturated heterocycles. The molecule has 1 saturated carbocycles. The second-order valence-corrected chi connectivity index (χ2v) is 7.25. The van der Waals surface area contributed by atoms with E-state index in [9.17, 15) is 14.7 Å².